The molecular formula is C21H19F2N3O4. The molecule has 0 bridgehead atoms. The molecule has 2 aliphatic heterocycles. The van der Waals surface area contributed by atoms with Crippen molar-refractivity contribution >= 4 is 29.2 Å². The van der Waals surface area contributed by atoms with E-state index in [9.17, 15) is 23.2 Å². The Labute approximate surface area is 171 Å². The molecule has 156 valence electrons. The van der Waals surface area contributed by atoms with E-state index in [0.717, 1.165) is 17.7 Å². The molecule has 0 aliphatic carbocycles. The minimum atomic E-state index is -0.933. The summed E-state index contributed by atoms with van der Waals surface area (Å²) in [4.78, 5) is 39.6. The molecule has 1 saturated heterocycles. The first-order valence-electron chi connectivity index (χ1n) is 9.47. The number of benzene rings is 2. The zero-order valence-corrected chi connectivity index (χ0v) is 16.2. The van der Waals surface area contributed by atoms with Gasteiger partial charge in [0.2, 0.25) is 0 Å². The number of carbonyl (C=O) groups is 3. The molecule has 2 amide bonds. The lowest BCUT2D eigenvalue weighted by atomic mass is 10.1. The van der Waals surface area contributed by atoms with Crippen LogP contribution in [0.25, 0.3) is 0 Å². The molecule has 0 spiro atoms. The maximum Gasteiger partial charge on any atom is 0.315 e. The Balaban J connectivity index is 1.38. The predicted octanol–water partition coefficient (Wildman–Crippen LogP) is 2.10. The van der Waals surface area contributed by atoms with Crippen LogP contribution in [0.15, 0.2) is 36.4 Å². The van der Waals surface area contributed by atoms with E-state index in [-0.39, 0.29) is 31.5 Å². The van der Waals surface area contributed by atoms with E-state index in [0.29, 0.717) is 23.7 Å². The van der Waals surface area contributed by atoms with Crippen LogP contribution in [0, 0.1) is 11.6 Å². The molecular weight excluding hydrogens is 396 g/mol. The van der Waals surface area contributed by atoms with Crippen LogP contribution in [0.1, 0.15) is 12.5 Å². The summed E-state index contributed by atoms with van der Waals surface area (Å²) in [5, 5.41) is 2.53. The number of carbonyl (C=O) groups excluding carboxylic acids is 3. The van der Waals surface area contributed by atoms with Gasteiger partial charge in [0.25, 0.3) is 0 Å². The third-order valence-electron chi connectivity index (χ3n) is 5.23. The standard InChI is InChI=1S/C21H19F2N3O4/c1-12-11-25(6-7-26(12)15-4-5-16(22)17(23)10-15)21(29)20(28)24-14-3-2-13-8-19(27)30-18(13)9-14/h2-5,9-10,12H,6-8,11H2,1H3,(H,24,28)/t12-/m0/s1. The van der Waals surface area contributed by atoms with E-state index in [1.54, 1.807) is 12.1 Å². The lowest BCUT2D eigenvalue weighted by molar-refractivity contribution is -0.143. The largest absolute Gasteiger partial charge is 0.426 e. The number of hydrogen-bond donors (Lipinski definition) is 1. The van der Waals surface area contributed by atoms with E-state index in [4.69, 9.17) is 4.74 Å². The molecule has 30 heavy (non-hydrogen) atoms. The molecule has 0 aromatic heterocycles. The van der Waals surface area contributed by atoms with Gasteiger partial charge in [-0.2, -0.15) is 0 Å². The summed E-state index contributed by atoms with van der Waals surface area (Å²) in [7, 11) is 0. The van der Waals surface area contributed by atoms with E-state index in [2.05, 4.69) is 5.32 Å². The minimum Gasteiger partial charge on any atom is -0.426 e. The van der Waals surface area contributed by atoms with Crippen molar-refractivity contribution in [3.63, 3.8) is 0 Å². The molecule has 1 fully saturated rings. The number of rotatable bonds is 2. The van der Waals surface area contributed by atoms with Crippen LogP contribution in [0.4, 0.5) is 20.2 Å². The van der Waals surface area contributed by atoms with Crippen molar-refractivity contribution in [1.29, 1.82) is 0 Å². The molecule has 2 aromatic rings. The number of anilines is 2. The Morgan fingerprint density at radius 2 is 1.90 bits per heavy atom. The van der Waals surface area contributed by atoms with E-state index in [1.165, 1.54) is 17.0 Å². The lowest BCUT2D eigenvalue weighted by Gasteiger charge is -2.41. The van der Waals surface area contributed by atoms with E-state index < -0.39 is 23.4 Å². The highest BCUT2D eigenvalue weighted by molar-refractivity contribution is 6.39. The third kappa shape index (κ3) is 3.83. The van der Waals surface area contributed by atoms with Crippen molar-refractivity contribution in [2.75, 3.05) is 29.9 Å². The maximum atomic E-state index is 13.5. The Hall–Kier alpha value is -3.49. The highest BCUT2D eigenvalue weighted by Crippen LogP contribution is 2.29. The molecule has 7 nitrogen and oxygen atoms in total. The average molecular weight is 415 g/mol. The summed E-state index contributed by atoms with van der Waals surface area (Å²) >= 11 is 0. The van der Waals surface area contributed by atoms with Gasteiger partial charge in [-0.15, -0.1) is 0 Å². The second-order valence-electron chi connectivity index (χ2n) is 7.32. The number of fused-ring (bicyclic) bond motifs is 1. The smallest absolute Gasteiger partial charge is 0.315 e. The summed E-state index contributed by atoms with van der Waals surface area (Å²) in [6.45, 7) is 2.73. The second kappa shape index (κ2) is 7.74. The Kier molecular flexibility index (Phi) is 5.11. The number of esters is 1. The highest BCUT2D eigenvalue weighted by atomic mass is 19.2. The van der Waals surface area contributed by atoms with Gasteiger partial charge in [-0.25, -0.2) is 8.78 Å². The molecule has 4 rings (SSSR count). The Bertz CT molecular complexity index is 1040. The summed E-state index contributed by atoms with van der Waals surface area (Å²) in [5.74, 6) is -3.33. The van der Waals surface area contributed by atoms with Gasteiger partial charge >= 0.3 is 17.8 Å². The molecule has 2 heterocycles. The Morgan fingerprint density at radius 1 is 1.10 bits per heavy atom. The fourth-order valence-corrected chi connectivity index (χ4v) is 3.71. The Morgan fingerprint density at radius 3 is 2.63 bits per heavy atom. The van der Waals surface area contributed by atoms with Crippen molar-refractivity contribution in [2.45, 2.75) is 19.4 Å². The molecule has 1 atom stereocenters. The van der Waals surface area contributed by atoms with Crippen LogP contribution in [-0.2, 0) is 20.8 Å². The summed E-state index contributed by atoms with van der Waals surface area (Å²) in [5.41, 5.74) is 1.60. The summed E-state index contributed by atoms with van der Waals surface area (Å²) in [6.07, 6.45) is 0.183. The number of piperazine rings is 1. The first kappa shape index (κ1) is 19.8. The molecule has 2 aromatic carbocycles. The van der Waals surface area contributed by atoms with Crippen molar-refractivity contribution in [3.8, 4) is 5.75 Å². The van der Waals surface area contributed by atoms with Gasteiger partial charge in [-0.05, 0) is 25.1 Å². The van der Waals surface area contributed by atoms with Crippen molar-refractivity contribution in [2.24, 2.45) is 0 Å². The monoisotopic (exact) mass is 415 g/mol. The van der Waals surface area contributed by atoms with Gasteiger partial charge in [0, 0.05) is 54.7 Å². The van der Waals surface area contributed by atoms with E-state index in [1.807, 2.05) is 11.8 Å². The van der Waals surface area contributed by atoms with Crippen LogP contribution >= 0.6 is 0 Å². The van der Waals surface area contributed by atoms with Gasteiger partial charge in [-0.1, -0.05) is 6.07 Å². The molecule has 0 saturated carbocycles. The molecule has 9 heteroatoms. The number of nitrogens with one attached hydrogen (secondary N) is 1. The van der Waals surface area contributed by atoms with Gasteiger partial charge in [0.1, 0.15) is 5.75 Å². The molecule has 0 radical (unpaired) electrons. The SMILES string of the molecule is C[C@H]1CN(C(=O)C(=O)Nc2ccc3c(c2)OC(=O)C3)CCN1c1ccc(F)c(F)c1. The zero-order chi connectivity index (χ0) is 21.4. The quantitative estimate of drug-likeness (QED) is 0.462. The van der Waals surface area contributed by atoms with E-state index >= 15 is 0 Å². The van der Waals surface area contributed by atoms with Crippen molar-refractivity contribution < 1.29 is 27.9 Å². The number of halogens is 2. The van der Waals surface area contributed by atoms with Gasteiger partial charge in [-0.3, -0.25) is 14.4 Å². The van der Waals surface area contributed by atoms with Crippen LogP contribution in [0.2, 0.25) is 0 Å². The van der Waals surface area contributed by atoms with Gasteiger partial charge in [0.05, 0.1) is 6.42 Å². The van der Waals surface area contributed by atoms with Crippen LogP contribution < -0.4 is 15.0 Å². The lowest BCUT2D eigenvalue weighted by Crippen LogP contribution is -2.55. The topological polar surface area (TPSA) is 79.0 Å². The maximum absolute atomic E-state index is 13.5. The number of ether oxygens (including phenoxy) is 1. The second-order valence-corrected chi connectivity index (χ2v) is 7.32. The normalized spacial score (nSPS) is 18.1. The van der Waals surface area contributed by atoms with Crippen LogP contribution in [0.5, 0.6) is 5.75 Å². The van der Waals surface area contributed by atoms with Gasteiger partial charge < -0.3 is 19.9 Å². The predicted molar refractivity (Wildman–Crippen MR) is 104 cm³/mol. The van der Waals surface area contributed by atoms with Crippen LogP contribution in [-0.4, -0.2) is 48.4 Å². The fraction of sp³-hybridized carbons (Fsp3) is 0.286. The average Bonchev–Trinajstić information content (AvgIpc) is 3.08. The number of nitrogens with zero attached hydrogens (tertiary/aromatic N) is 2. The van der Waals surface area contributed by atoms with Gasteiger partial charge in [0.15, 0.2) is 11.6 Å². The first-order valence-corrected chi connectivity index (χ1v) is 9.47. The number of hydrogen-bond acceptors (Lipinski definition) is 5. The summed E-state index contributed by atoms with van der Waals surface area (Å²) < 4.78 is 31.8. The van der Waals surface area contributed by atoms with Crippen LogP contribution in [0.3, 0.4) is 0 Å². The number of amides is 2. The molecule has 2 aliphatic rings. The summed E-state index contributed by atoms with van der Waals surface area (Å²) in [6, 6.07) is 8.26. The molecule has 0 unspecified atom stereocenters. The van der Waals surface area contributed by atoms with Crippen molar-refractivity contribution in [1.82, 2.24) is 4.90 Å². The van der Waals surface area contributed by atoms with Crippen molar-refractivity contribution in [3.05, 3.63) is 53.6 Å². The molecule has 1 N–H and O–H groups in total. The zero-order valence-electron chi connectivity index (χ0n) is 16.2. The minimum absolute atomic E-state index is 0.183. The first-order chi connectivity index (χ1) is 14.3. The third-order valence-corrected chi connectivity index (χ3v) is 5.23. The fourth-order valence-electron chi connectivity index (χ4n) is 3.71. The highest BCUT2D eigenvalue weighted by Gasteiger charge is 2.31.